The lowest BCUT2D eigenvalue weighted by atomic mass is 10.1. The third-order valence-corrected chi connectivity index (χ3v) is 4.32. The number of carbonyl (C=O) groups excluding carboxylic acids is 1. The van der Waals surface area contributed by atoms with Crippen LogP contribution in [-0.2, 0) is 6.54 Å². The van der Waals surface area contributed by atoms with E-state index in [0.717, 1.165) is 32.5 Å². The van der Waals surface area contributed by atoms with Crippen LogP contribution in [-0.4, -0.2) is 50.4 Å². The molecule has 0 spiro atoms. The molecule has 0 aromatic carbocycles. The van der Waals surface area contributed by atoms with E-state index in [1.54, 1.807) is 6.20 Å². The molecule has 1 amide bonds. The molecule has 0 aliphatic carbocycles. The molecule has 1 atom stereocenters. The lowest BCUT2D eigenvalue weighted by Crippen LogP contribution is -2.36. The first-order valence-corrected chi connectivity index (χ1v) is 8.66. The molecule has 1 aliphatic rings. The monoisotopic (exact) mass is 330 g/mol. The SMILES string of the molecule is CC(C)CNC(=O)c1cn(C2CCCN(Cc3ccc[nH]3)C2)nn1. The van der Waals surface area contributed by atoms with Crippen LogP contribution in [0.1, 0.15) is 48.9 Å². The van der Waals surface area contributed by atoms with Gasteiger partial charge in [-0.1, -0.05) is 19.1 Å². The van der Waals surface area contributed by atoms with Gasteiger partial charge in [-0.3, -0.25) is 9.69 Å². The molecule has 1 fully saturated rings. The highest BCUT2D eigenvalue weighted by Crippen LogP contribution is 2.22. The quantitative estimate of drug-likeness (QED) is 0.847. The molecule has 3 rings (SSSR count). The summed E-state index contributed by atoms with van der Waals surface area (Å²) >= 11 is 0. The summed E-state index contributed by atoms with van der Waals surface area (Å²) in [6.45, 7) is 7.72. The molecule has 2 aromatic rings. The molecular weight excluding hydrogens is 304 g/mol. The van der Waals surface area contributed by atoms with Crippen molar-refractivity contribution < 1.29 is 4.79 Å². The summed E-state index contributed by atoms with van der Waals surface area (Å²) in [5.74, 6) is 0.276. The van der Waals surface area contributed by atoms with Crippen molar-refractivity contribution in [2.45, 2.75) is 39.3 Å². The third kappa shape index (κ3) is 4.23. The van der Waals surface area contributed by atoms with E-state index in [1.807, 2.05) is 16.9 Å². The Morgan fingerprint density at radius 3 is 3.12 bits per heavy atom. The number of likely N-dealkylation sites (tertiary alicyclic amines) is 1. The van der Waals surface area contributed by atoms with Gasteiger partial charge in [-0.05, 0) is 37.4 Å². The number of hydrogen-bond acceptors (Lipinski definition) is 4. The van der Waals surface area contributed by atoms with Crippen LogP contribution in [0, 0.1) is 5.92 Å². The minimum Gasteiger partial charge on any atom is -0.364 e. The van der Waals surface area contributed by atoms with Crippen LogP contribution in [0.15, 0.2) is 24.5 Å². The second kappa shape index (κ2) is 7.61. The van der Waals surface area contributed by atoms with E-state index < -0.39 is 0 Å². The molecule has 3 heterocycles. The molecule has 1 saturated heterocycles. The average Bonchev–Trinajstić information content (AvgIpc) is 3.24. The van der Waals surface area contributed by atoms with Crippen molar-refractivity contribution in [2.24, 2.45) is 5.92 Å². The minimum absolute atomic E-state index is 0.144. The second-order valence-corrected chi connectivity index (χ2v) is 6.91. The van der Waals surface area contributed by atoms with Gasteiger partial charge in [0.2, 0.25) is 0 Å². The Morgan fingerprint density at radius 1 is 1.50 bits per heavy atom. The number of aromatic nitrogens is 4. The van der Waals surface area contributed by atoms with Crippen molar-refractivity contribution in [3.05, 3.63) is 35.9 Å². The predicted molar refractivity (Wildman–Crippen MR) is 91.5 cm³/mol. The van der Waals surface area contributed by atoms with Crippen molar-refractivity contribution >= 4 is 5.91 Å². The Bertz CT molecular complexity index is 648. The van der Waals surface area contributed by atoms with Gasteiger partial charge in [0.05, 0.1) is 12.2 Å². The van der Waals surface area contributed by atoms with Crippen LogP contribution in [0.2, 0.25) is 0 Å². The molecule has 0 radical (unpaired) electrons. The Hall–Kier alpha value is -2.15. The summed E-state index contributed by atoms with van der Waals surface area (Å²) in [6.07, 6.45) is 5.92. The summed E-state index contributed by atoms with van der Waals surface area (Å²) in [5, 5.41) is 11.1. The van der Waals surface area contributed by atoms with Gasteiger partial charge in [0.25, 0.3) is 5.91 Å². The predicted octanol–water partition coefficient (Wildman–Crippen LogP) is 1.83. The van der Waals surface area contributed by atoms with Crippen LogP contribution in [0.5, 0.6) is 0 Å². The number of carbonyl (C=O) groups is 1. The van der Waals surface area contributed by atoms with E-state index in [2.05, 4.69) is 45.4 Å². The zero-order valence-corrected chi connectivity index (χ0v) is 14.4. The zero-order chi connectivity index (χ0) is 16.9. The maximum absolute atomic E-state index is 12.1. The van der Waals surface area contributed by atoms with Crippen molar-refractivity contribution in [1.29, 1.82) is 0 Å². The molecule has 1 aliphatic heterocycles. The fourth-order valence-corrected chi connectivity index (χ4v) is 3.04. The van der Waals surface area contributed by atoms with E-state index in [4.69, 9.17) is 0 Å². The maximum atomic E-state index is 12.1. The molecule has 1 unspecified atom stereocenters. The van der Waals surface area contributed by atoms with Gasteiger partial charge in [-0.25, -0.2) is 4.68 Å². The van der Waals surface area contributed by atoms with Crippen molar-refractivity contribution in [3.8, 4) is 0 Å². The van der Waals surface area contributed by atoms with Gasteiger partial charge in [-0.15, -0.1) is 5.10 Å². The van der Waals surface area contributed by atoms with E-state index in [9.17, 15) is 4.79 Å². The minimum atomic E-state index is -0.144. The Kier molecular flexibility index (Phi) is 5.30. The zero-order valence-electron chi connectivity index (χ0n) is 14.4. The largest absolute Gasteiger partial charge is 0.364 e. The highest BCUT2D eigenvalue weighted by atomic mass is 16.2. The van der Waals surface area contributed by atoms with Crippen LogP contribution >= 0.6 is 0 Å². The molecule has 24 heavy (non-hydrogen) atoms. The molecule has 0 saturated carbocycles. The number of aromatic amines is 1. The maximum Gasteiger partial charge on any atom is 0.273 e. The van der Waals surface area contributed by atoms with Crippen LogP contribution in [0.4, 0.5) is 0 Å². The normalized spacial score (nSPS) is 18.9. The molecular formula is C17H26N6O. The standard InChI is InChI=1S/C17H26N6O/c1-13(2)9-19-17(24)16-12-23(21-20-16)15-6-4-8-22(11-15)10-14-5-3-7-18-14/h3,5,7,12-13,15,18H,4,6,8-11H2,1-2H3,(H,19,24). The summed E-state index contributed by atoms with van der Waals surface area (Å²) in [6, 6.07) is 4.40. The van der Waals surface area contributed by atoms with Gasteiger partial charge < -0.3 is 10.3 Å². The number of amides is 1. The molecule has 2 N–H and O–H groups in total. The summed E-state index contributed by atoms with van der Waals surface area (Å²) in [5.41, 5.74) is 1.63. The van der Waals surface area contributed by atoms with Crippen LogP contribution < -0.4 is 5.32 Å². The number of hydrogen-bond donors (Lipinski definition) is 2. The van der Waals surface area contributed by atoms with Crippen LogP contribution in [0.25, 0.3) is 0 Å². The molecule has 7 nitrogen and oxygen atoms in total. The van der Waals surface area contributed by atoms with Crippen molar-refractivity contribution in [3.63, 3.8) is 0 Å². The second-order valence-electron chi connectivity index (χ2n) is 6.91. The fourth-order valence-electron chi connectivity index (χ4n) is 3.04. The highest BCUT2D eigenvalue weighted by molar-refractivity contribution is 5.91. The molecule has 2 aromatic heterocycles. The summed E-state index contributed by atoms with van der Waals surface area (Å²) < 4.78 is 1.85. The highest BCUT2D eigenvalue weighted by Gasteiger charge is 2.23. The van der Waals surface area contributed by atoms with Crippen LogP contribution in [0.3, 0.4) is 0 Å². The Morgan fingerprint density at radius 2 is 2.38 bits per heavy atom. The van der Waals surface area contributed by atoms with Gasteiger partial charge in [0, 0.05) is 31.5 Å². The first kappa shape index (κ1) is 16.7. The van der Waals surface area contributed by atoms with E-state index in [1.165, 1.54) is 5.69 Å². The van der Waals surface area contributed by atoms with Gasteiger partial charge in [0.15, 0.2) is 5.69 Å². The van der Waals surface area contributed by atoms with Gasteiger partial charge >= 0.3 is 0 Å². The number of piperidine rings is 1. The topological polar surface area (TPSA) is 78.8 Å². The molecule has 7 heteroatoms. The Labute approximate surface area is 142 Å². The van der Waals surface area contributed by atoms with E-state index in [-0.39, 0.29) is 11.9 Å². The summed E-state index contributed by atoms with van der Waals surface area (Å²) in [7, 11) is 0. The van der Waals surface area contributed by atoms with Crippen molar-refractivity contribution in [1.82, 2.24) is 30.2 Å². The number of rotatable bonds is 6. The Balaban J connectivity index is 1.58. The van der Waals surface area contributed by atoms with Crippen molar-refractivity contribution in [2.75, 3.05) is 19.6 Å². The smallest absolute Gasteiger partial charge is 0.273 e. The molecule has 0 bridgehead atoms. The number of nitrogens with one attached hydrogen (secondary N) is 2. The number of H-pyrrole nitrogens is 1. The number of nitrogens with zero attached hydrogens (tertiary/aromatic N) is 4. The fraction of sp³-hybridized carbons (Fsp3) is 0.588. The van der Waals surface area contributed by atoms with Gasteiger partial charge in [0.1, 0.15) is 0 Å². The summed E-state index contributed by atoms with van der Waals surface area (Å²) in [4.78, 5) is 17.7. The first-order chi connectivity index (χ1) is 11.6. The van der Waals surface area contributed by atoms with E-state index in [0.29, 0.717) is 18.2 Å². The third-order valence-electron chi connectivity index (χ3n) is 4.32. The average molecular weight is 330 g/mol. The van der Waals surface area contributed by atoms with Gasteiger partial charge in [-0.2, -0.15) is 0 Å². The first-order valence-electron chi connectivity index (χ1n) is 8.66. The lowest BCUT2D eigenvalue weighted by Gasteiger charge is -2.32. The van der Waals surface area contributed by atoms with E-state index >= 15 is 0 Å². The molecule has 130 valence electrons. The lowest BCUT2D eigenvalue weighted by molar-refractivity contribution is 0.0944.